The van der Waals surface area contributed by atoms with Crippen molar-refractivity contribution in [1.29, 1.82) is 0 Å². The molecule has 2 heterocycles. The van der Waals surface area contributed by atoms with Gasteiger partial charge in [-0.05, 0) is 42.8 Å². The highest BCUT2D eigenvalue weighted by Gasteiger charge is 2.34. The largest absolute Gasteiger partial charge is 0.478 e. The first-order valence-corrected chi connectivity index (χ1v) is 7.37. The first-order chi connectivity index (χ1) is 10.8. The van der Waals surface area contributed by atoms with Crippen LogP contribution < -0.4 is 4.74 Å². The summed E-state index contributed by atoms with van der Waals surface area (Å²) in [5.41, 5.74) is 3.01. The number of fused-ring (bicyclic) bond motifs is 3. The van der Waals surface area contributed by atoms with Gasteiger partial charge in [-0.15, -0.1) is 0 Å². The molecular weight excluding hydrogens is 272 g/mol. The van der Waals surface area contributed by atoms with Gasteiger partial charge >= 0.3 is 0 Å². The monoisotopic (exact) mass is 288 g/mol. The van der Waals surface area contributed by atoms with Gasteiger partial charge in [-0.3, -0.25) is 0 Å². The molecule has 2 aromatic carbocycles. The molecule has 0 amide bonds. The Balaban J connectivity index is 1.85. The zero-order valence-corrected chi connectivity index (χ0v) is 12.3. The minimum atomic E-state index is -0.516. The van der Waals surface area contributed by atoms with Gasteiger partial charge in [-0.2, -0.15) is 0 Å². The van der Waals surface area contributed by atoms with Crippen molar-refractivity contribution in [1.82, 2.24) is 0 Å². The molecule has 1 atom stereocenters. The second-order valence-corrected chi connectivity index (χ2v) is 5.60. The van der Waals surface area contributed by atoms with Crippen molar-refractivity contribution in [3.63, 3.8) is 0 Å². The summed E-state index contributed by atoms with van der Waals surface area (Å²) in [4.78, 5) is 0. The second kappa shape index (κ2) is 4.92. The summed E-state index contributed by atoms with van der Waals surface area (Å²) in [5, 5.41) is 0. The van der Waals surface area contributed by atoms with Crippen LogP contribution in [0.4, 0.5) is 0 Å². The molecule has 0 aliphatic carbocycles. The van der Waals surface area contributed by atoms with E-state index in [1.807, 2.05) is 36.4 Å². The van der Waals surface area contributed by atoms with Crippen molar-refractivity contribution < 1.29 is 9.15 Å². The molecule has 108 valence electrons. The molecule has 0 N–H and O–H groups in total. The maximum absolute atomic E-state index is 6.32. The van der Waals surface area contributed by atoms with Crippen LogP contribution in [0, 0.1) is 0 Å². The summed E-state index contributed by atoms with van der Waals surface area (Å²) in [6, 6.07) is 20.4. The van der Waals surface area contributed by atoms with Gasteiger partial charge in [-0.25, -0.2) is 0 Å². The normalized spacial score (nSPS) is 19.5. The van der Waals surface area contributed by atoms with Gasteiger partial charge in [0, 0.05) is 11.1 Å². The highest BCUT2D eigenvalue weighted by molar-refractivity contribution is 5.77. The molecule has 0 radical (unpaired) electrons. The average molecular weight is 288 g/mol. The third-order valence-corrected chi connectivity index (χ3v) is 4.07. The van der Waals surface area contributed by atoms with E-state index in [1.165, 1.54) is 5.56 Å². The molecule has 3 aromatic rings. The summed E-state index contributed by atoms with van der Waals surface area (Å²) in [5.74, 6) is 1.73. The maximum Gasteiger partial charge on any atom is 0.150 e. The number of para-hydroxylation sites is 1. The van der Waals surface area contributed by atoms with Crippen LogP contribution >= 0.6 is 0 Å². The van der Waals surface area contributed by atoms with Crippen LogP contribution in [-0.4, -0.2) is 0 Å². The Kier molecular flexibility index (Phi) is 2.90. The Morgan fingerprint density at radius 2 is 1.64 bits per heavy atom. The van der Waals surface area contributed by atoms with E-state index in [0.717, 1.165) is 22.6 Å². The van der Waals surface area contributed by atoms with Crippen molar-refractivity contribution in [2.45, 2.75) is 12.5 Å². The van der Waals surface area contributed by atoms with Gasteiger partial charge in [0.25, 0.3) is 0 Å². The standard InChI is InChI=1S/C20H16O2/c1-20(13-12-15-7-6-14-21-15)18-10-4-2-8-16(18)17-9-3-5-11-19(17)22-20/h2-14H,1H3/b13-12+. The average Bonchev–Trinajstić information content (AvgIpc) is 3.07. The van der Waals surface area contributed by atoms with Crippen LogP contribution in [0.25, 0.3) is 17.2 Å². The smallest absolute Gasteiger partial charge is 0.150 e. The lowest BCUT2D eigenvalue weighted by molar-refractivity contribution is 0.139. The molecule has 2 nitrogen and oxygen atoms in total. The van der Waals surface area contributed by atoms with Crippen LogP contribution in [-0.2, 0) is 5.60 Å². The molecule has 0 saturated heterocycles. The second-order valence-electron chi connectivity index (χ2n) is 5.60. The van der Waals surface area contributed by atoms with E-state index in [4.69, 9.17) is 9.15 Å². The van der Waals surface area contributed by atoms with Crippen LogP contribution in [0.15, 0.2) is 77.4 Å². The highest BCUT2D eigenvalue weighted by atomic mass is 16.5. The SMILES string of the molecule is CC1(/C=C/c2ccco2)Oc2ccccc2-c2ccccc21. The summed E-state index contributed by atoms with van der Waals surface area (Å²) in [7, 11) is 0. The van der Waals surface area contributed by atoms with Gasteiger partial charge in [0.05, 0.1) is 6.26 Å². The van der Waals surface area contributed by atoms with Gasteiger partial charge in [0.1, 0.15) is 11.5 Å². The Morgan fingerprint density at radius 3 is 2.45 bits per heavy atom. The zero-order chi connectivity index (χ0) is 15.0. The van der Waals surface area contributed by atoms with Crippen LogP contribution in [0.5, 0.6) is 5.75 Å². The highest BCUT2D eigenvalue weighted by Crippen LogP contribution is 2.45. The van der Waals surface area contributed by atoms with Gasteiger partial charge in [0.2, 0.25) is 0 Å². The summed E-state index contributed by atoms with van der Waals surface area (Å²) in [6.45, 7) is 2.08. The minimum Gasteiger partial charge on any atom is -0.478 e. The van der Waals surface area contributed by atoms with Crippen LogP contribution in [0.2, 0.25) is 0 Å². The lowest BCUT2D eigenvalue weighted by Gasteiger charge is -2.35. The number of ether oxygens (including phenoxy) is 1. The van der Waals surface area contributed by atoms with Crippen molar-refractivity contribution in [2.75, 3.05) is 0 Å². The molecule has 0 fully saturated rings. The first-order valence-electron chi connectivity index (χ1n) is 7.37. The predicted octanol–water partition coefficient (Wildman–Crippen LogP) is 5.27. The van der Waals surface area contributed by atoms with Crippen molar-refractivity contribution >= 4 is 6.08 Å². The van der Waals surface area contributed by atoms with Crippen molar-refractivity contribution in [3.8, 4) is 16.9 Å². The number of hydrogen-bond donors (Lipinski definition) is 0. The summed E-state index contributed by atoms with van der Waals surface area (Å²) >= 11 is 0. The Bertz CT molecular complexity index is 830. The Morgan fingerprint density at radius 1 is 0.864 bits per heavy atom. The number of furan rings is 1. The Hall–Kier alpha value is -2.74. The molecule has 2 heteroatoms. The fraction of sp³-hybridized carbons (Fsp3) is 0.100. The van der Waals surface area contributed by atoms with Crippen molar-refractivity contribution in [2.24, 2.45) is 0 Å². The van der Waals surface area contributed by atoms with E-state index in [-0.39, 0.29) is 0 Å². The van der Waals surface area contributed by atoms with E-state index in [9.17, 15) is 0 Å². The van der Waals surface area contributed by atoms with Gasteiger partial charge < -0.3 is 9.15 Å². The summed E-state index contributed by atoms with van der Waals surface area (Å²) in [6.07, 6.45) is 5.69. The fourth-order valence-electron chi connectivity index (χ4n) is 2.96. The van der Waals surface area contributed by atoms with Crippen molar-refractivity contribution in [3.05, 3.63) is 84.3 Å². The third-order valence-electron chi connectivity index (χ3n) is 4.07. The molecule has 22 heavy (non-hydrogen) atoms. The molecule has 1 aromatic heterocycles. The molecular formula is C20H16O2. The molecule has 1 unspecified atom stereocenters. The molecule has 0 bridgehead atoms. The fourth-order valence-corrected chi connectivity index (χ4v) is 2.96. The topological polar surface area (TPSA) is 22.4 Å². The van der Waals surface area contributed by atoms with E-state index in [1.54, 1.807) is 6.26 Å². The number of rotatable bonds is 2. The summed E-state index contributed by atoms with van der Waals surface area (Å²) < 4.78 is 11.7. The Labute approximate surface area is 129 Å². The van der Waals surface area contributed by atoms with Crippen LogP contribution in [0.1, 0.15) is 18.2 Å². The third kappa shape index (κ3) is 2.04. The number of benzene rings is 2. The first kappa shape index (κ1) is 13.0. The maximum atomic E-state index is 6.32. The molecule has 1 aliphatic rings. The lowest BCUT2D eigenvalue weighted by Crippen LogP contribution is -2.30. The molecule has 4 rings (SSSR count). The van der Waals surface area contributed by atoms with E-state index < -0.39 is 5.60 Å². The predicted molar refractivity (Wildman–Crippen MR) is 87.6 cm³/mol. The zero-order valence-electron chi connectivity index (χ0n) is 12.3. The van der Waals surface area contributed by atoms with Gasteiger partial charge in [-0.1, -0.05) is 42.5 Å². The molecule has 0 spiro atoms. The van der Waals surface area contributed by atoms with Crippen LogP contribution in [0.3, 0.4) is 0 Å². The lowest BCUT2D eigenvalue weighted by atomic mass is 9.85. The molecule has 0 saturated carbocycles. The van der Waals surface area contributed by atoms with E-state index in [0.29, 0.717) is 0 Å². The number of hydrogen-bond acceptors (Lipinski definition) is 2. The van der Waals surface area contributed by atoms with Gasteiger partial charge in [0.15, 0.2) is 5.60 Å². The quantitative estimate of drug-likeness (QED) is 0.641. The molecule has 1 aliphatic heterocycles. The van der Waals surface area contributed by atoms with E-state index in [2.05, 4.69) is 43.3 Å². The minimum absolute atomic E-state index is 0.516. The van der Waals surface area contributed by atoms with E-state index >= 15 is 0 Å².